The lowest BCUT2D eigenvalue weighted by Crippen LogP contribution is -2.00. The van der Waals surface area contributed by atoms with E-state index < -0.39 is 11.8 Å². The Morgan fingerprint density at radius 3 is 2.61 bits per heavy atom. The van der Waals surface area contributed by atoms with Crippen LogP contribution in [0.3, 0.4) is 0 Å². The molecule has 1 aromatic carbocycles. The summed E-state index contributed by atoms with van der Waals surface area (Å²) in [7, 11) is 0. The SMILES string of the molecule is O=C(O)c1cc(Sc2ncc(I)cn2)ccc1F. The molecule has 0 aliphatic heterocycles. The lowest BCUT2D eigenvalue weighted by molar-refractivity contribution is 0.0691. The van der Waals surface area contributed by atoms with Gasteiger partial charge in [0.25, 0.3) is 0 Å². The lowest BCUT2D eigenvalue weighted by Gasteiger charge is -2.02. The molecule has 0 spiro atoms. The lowest BCUT2D eigenvalue weighted by atomic mass is 10.2. The van der Waals surface area contributed by atoms with Gasteiger partial charge in [0.05, 0.1) is 5.56 Å². The molecule has 2 aromatic rings. The fourth-order valence-electron chi connectivity index (χ4n) is 1.19. The van der Waals surface area contributed by atoms with Gasteiger partial charge in [-0.2, -0.15) is 0 Å². The van der Waals surface area contributed by atoms with Gasteiger partial charge in [0.1, 0.15) is 5.82 Å². The summed E-state index contributed by atoms with van der Waals surface area (Å²) < 4.78 is 14.1. The number of benzene rings is 1. The van der Waals surface area contributed by atoms with Gasteiger partial charge in [-0.3, -0.25) is 0 Å². The summed E-state index contributed by atoms with van der Waals surface area (Å²) in [5, 5.41) is 9.30. The third kappa shape index (κ3) is 3.16. The number of carbonyl (C=O) groups is 1. The number of carboxylic acids is 1. The third-order valence-electron chi connectivity index (χ3n) is 1.97. The smallest absolute Gasteiger partial charge is 0.338 e. The van der Waals surface area contributed by atoms with E-state index in [1.165, 1.54) is 23.9 Å². The van der Waals surface area contributed by atoms with Gasteiger partial charge in [-0.05, 0) is 52.6 Å². The standard InChI is InChI=1S/C11H6FIN2O2S/c12-9-2-1-7(3-8(9)10(16)17)18-11-14-4-6(13)5-15-11/h1-5H,(H,16,17). The number of nitrogens with zero attached hydrogens (tertiary/aromatic N) is 2. The van der Waals surface area contributed by atoms with Crippen molar-refractivity contribution < 1.29 is 14.3 Å². The summed E-state index contributed by atoms with van der Waals surface area (Å²) in [4.78, 5) is 19.5. The van der Waals surface area contributed by atoms with E-state index in [1.807, 2.05) is 0 Å². The van der Waals surface area contributed by atoms with Crippen LogP contribution in [-0.4, -0.2) is 21.0 Å². The van der Waals surface area contributed by atoms with Crippen LogP contribution in [0.5, 0.6) is 0 Å². The Balaban J connectivity index is 2.27. The van der Waals surface area contributed by atoms with Gasteiger partial charge < -0.3 is 5.11 Å². The van der Waals surface area contributed by atoms with E-state index in [0.29, 0.717) is 10.1 Å². The number of hydrogen-bond donors (Lipinski definition) is 1. The van der Waals surface area contributed by atoms with Crippen molar-refractivity contribution >= 4 is 40.3 Å². The first-order valence-corrected chi connectivity index (χ1v) is 6.64. The van der Waals surface area contributed by atoms with Crippen molar-refractivity contribution in [3.8, 4) is 0 Å². The van der Waals surface area contributed by atoms with Crippen LogP contribution in [0.4, 0.5) is 4.39 Å². The van der Waals surface area contributed by atoms with Crippen LogP contribution in [0.15, 0.2) is 40.6 Å². The fraction of sp³-hybridized carbons (Fsp3) is 0. The largest absolute Gasteiger partial charge is 0.478 e. The van der Waals surface area contributed by atoms with Crippen LogP contribution >= 0.6 is 34.4 Å². The zero-order chi connectivity index (χ0) is 13.1. The maximum atomic E-state index is 13.2. The first-order chi connectivity index (χ1) is 8.56. The van der Waals surface area contributed by atoms with Gasteiger partial charge in [-0.25, -0.2) is 19.2 Å². The summed E-state index contributed by atoms with van der Waals surface area (Å²) in [5.74, 6) is -2.05. The molecule has 7 heteroatoms. The highest BCUT2D eigenvalue weighted by atomic mass is 127. The molecule has 1 heterocycles. The summed E-state index contributed by atoms with van der Waals surface area (Å²) in [6.07, 6.45) is 3.30. The molecule has 0 aliphatic rings. The monoisotopic (exact) mass is 376 g/mol. The predicted molar refractivity (Wildman–Crippen MR) is 72.2 cm³/mol. The fourth-order valence-corrected chi connectivity index (χ4v) is 2.20. The van der Waals surface area contributed by atoms with E-state index in [0.717, 1.165) is 9.64 Å². The average Bonchev–Trinajstić information content (AvgIpc) is 2.34. The van der Waals surface area contributed by atoms with Gasteiger partial charge in [0.15, 0.2) is 5.16 Å². The highest BCUT2D eigenvalue weighted by Gasteiger charge is 2.11. The third-order valence-corrected chi connectivity index (χ3v) is 3.41. The normalized spacial score (nSPS) is 10.3. The van der Waals surface area contributed by atoms with Crippen molar-refractivity contribution in [3.05, 3.63) is 45.5 Å². The molecule has 0 fully saturated rings. The van der Waals surface area contributed by atoms with E-state index in [1.54, 1.807) is 12.4 Å². The van der Waals surface area contributed by atoms with Crippen LogP contribution in [0.25, 0.3) is 0 Å². The number of hydrogen-bond acceptors (Lipinski definition) is 4. The number of aromatic carboxylic acids is 1. The second-order valence-electron chi connectivity index (χ2n) is 3.23. The van der Waals surface area contributed by atoms with Crippen molar-refractivity contribution in [2.75, 3.05) is 0 Å². The van der Waals surface area contributed by atoms with Crippen molar-refractivity contribution in [2.45, 2.75) is 10.1 Å². The van der Waals surface area contributed by atoms with Crippen LogP contribution < -0.4 is 0 Å². The van der Waals surface area contributed by atoms with E-state index >= 15 is 0 Å². The topological polar surface area (TPSA) is 63.1 Å². The molecule has 0 saturated heterocycles. The molecular formula is C11H6FIN2O2S. The molecule has 4 nitrogen and oxygen atoms in total. The van der Waals surface area contributed by atoms with Crippen molar-refractivity contribution in [3.63, 3.8) is 0 Å². The minimum atomic E-state index is -1.29. The second-order valence-corrected chi connectivity index (χ2v) is 5.52. The van der Waals surface area contributed by atoms with Crippen molar-refractivity contribution in [1.82, 2.24) is 9.97 Å². The number of halogens is 2. The molecule has 0 atom stereocenters. The van der Waals surface area contributed by atoms with Gasteiger partial charge >= 0.3 is 5.97 Å². The van der Waals surface area contributed by atoms with Crippen LogP contribution in [0.1, 0.15) is 10.4 Å². The summed E-state index contributed by atoms with van der Waals surface area (Å²) in [6, 6.07) is 3.88. The zero-order valence-electron chi connectivity index (χ0n) is 8.80. The second kappa shape index (κ2) is 5.61. The molecule has 2 rings (SSSR count). The van der Waals surface area contributed by atoms with Gasteiger partial charge in [-0.15, -0.1) is 0 Å². The molecule has 0 unspecified atom stereocenters. The van der Waals surface area contributed by atoms with Crippen molar-refractivity contribution in [2.24, 2.45) is 0 Å². The van der Waals surface area contributed by atoms with E-state index in [-0.39, 0.29) is 5.56 Å². The van der Waals surface area contributed by atoms with Gasteiger partial charge in [0, 0.05) is 20.9 Å². The Hall–Kier alpha value is -1.22. The Labute approximate surface area is 120 Å². The molecule has 0 radical (unpaired) electrons. The van der Waals surface area contributed by atoms with Crippen LogP contribution in [-0.2, 0) is 0 Å². The highest BCUT2D eigenvalue weighted by molar-refractivity contribution is 14.1. The molecule has 0 amide bonds. The molecule has 1 N–H and O–H groups in total. The Bertz CT molecular complexity index is 592. The van der Waals surface area contributed by atoms with E-state index in [4.69, 9.17) is 5.11 Å². The Morgan fingerprint density at radius 2 is 2.00 bits per heavy atom. The maximum Gasteiger partial charge on any atom is 0.338 e. The van der Waals surface area contributed by atoms with E-state index in [9.17, 15) is 9.18 Å². The first-order valence-electron chi connectivity index (χ1n) is 4.74. The Morgan fingerprint density at radius 1 is 1.33 bits per heavy atom. The first kappa shape index (κ1) is 13.2. The molecule has 92 valence electrons. The Kier molecular flexibility index (Phi) is 4.12. The van der Waals surface area contributed by atoms with Crippen LogP contribution in [0, 0.1) is 9.39 Å². The molecule has 0 aliphatic carbocycles. The predicted octanol–water partition coefficient (Wildman–Crippen LogP) is 3.07. The minimum absolute atomic E-state index is 0.356. The van der Waals surface area contributed by atoms with Gasteiger partial charge in [0.2, 0.25) is 0 Å². The minimum Gasteiger partial charge on any atom is -0.478 e. The molecule has 0 bridgehead atoms. The van der Waals surface area contributed by atoms with Gasteiger partial charge in [-0.1, -0.05) is 0 Å². The molecule has 18 heavy (non-hydrogen) atoms. The quantitative estimate of drug-likeness (QED) is 0.659. The summed E-state index contributed by atoms with van der Waals surface area (Å²) in [5.41, 5.74) is -0.356. The summed E-state index contributed by atoms with van der Waals surface area (Å²) >= 11 is 3.27. The number of rotatable bonds is 3. The molecule has 0 saturated carbocycles. The highest BCUT2D eigenvalue weighted by Crippen LogP contribution is 2.26. The zero-order valence-corrected chi connectivity index (χ0v) is 11.8. The molecular weight excluding hydrogens is 370 g/mol. The number of aromatic nitrogens is 2. The summed E-state index contributed by atoms with van der Waals surface area (Å²) in [6.45, 7) is 0. The van der Waals surface area contributed by atoms with E-state index in [2.05, 4.69) is 32.6 Å². The average molecular weight is 376 g/mol. The molecule has 1 aromatic heterocycles. The number of carboxylic acid groups (broad SMARTS) is 1. The maximum absolute atomic E-state index is 13.2. The van der Waals surface area contributed by atoms with Crippen LogP contribution in [0.2, 0.25) is 0 Å². The van der Waals surface area contributed by atoms with Crippen molar-refractivity contribution in [1.29, 1.82) is 0 Å².